The Morgan fingerprint density at radius 3 is 0.735 bits per heavy atom. The second-order valence-electron chi connectivity index (χ2n) is 23.4. The predicted molar refractivity (Wildman–Crippen MR) is 362 cm³/mol. The second kappa shape index (κ2) is 70.6. The minimum Gasteiger partial charge on any atom is -0.462 e. The molecule has 0 aromatic carbocycles. The lowest BCUT2D eigenvalue weighted by Gasteiger charge is -2.18. The zero-order chi connectivity index (χ0) is 59.9. The molecule has 0 aromatic heterocycles. The van der Waals surface area contributed by atoms with Crippen LogP contribution in [0.3, 0.4) is 0 Å². The summed E-state index contributed by atoms with van der Waals surface area (Å²) in [5, 5.41) is 0. The summed E-state index contributed by atoms with van der Waals surface area (Å²) >= 11 is 0. The summed E-state index contributed by atoms with van der Waals surface area (Å²) in [7, 11) is 0. The van der Waals surface area contributed by atoms with Gasteiger partial charge in [0.15, 0.2) is 6.10 Å². The molecule has 0 aliphatic rings. The van der Waals surface area contributed by atoms with Crippen LogP contribution in [0.25, 0.3) is 0 Å². The molecule has 0 saturated carbocycles. The zero-order valence-corrected chi connectivity index (χ0v) is 54.7. The lowest BCUT2D eigenvalue weighted by Crippen LogP contribution is -2.30. The molecule has 0 saturated heterocycles. The molecule has 0 aromatic rings. The first kappa shape index (κ1) is 79.1. The highest BCUT2D eigenvalue weighted by molar-refractivity contribution is 5.71. The van der Waals surface area contributed by atoms with E-state index in [1.54, 1.807) is 0 Å². The molecule has 476 valence electrons. The number of carbonyl (C=O) groups excluding carboxylic acids is 3. The molecule has 0 N–H and O–H groups in total. The van der Waals surface area contributed by atoms with E-state index in [2.05, 4.69) is 130 Å². The van der Waals surface area contributed by atoms with Crippen molar-refractivity contribution in [3.8, 4) is 0 Å². The van der Waals surface area contributed by atoms with Crippen LogP contribution in [0.5, 0.6) is 0 Å². The number of unbranched alkanes of at least 4 members (excludes halogenated alkanes) is 35. The maximum absolute atomic E-state index is 12.9. The molecule has 6 heteroatoms. The third kappa shape index (κ3) is 68.7. The van der Waals surface area contributed by atoms with E-state index in [9.17, 15) is 14.4 Å². The van der Waals surface area contributed by atoms with Gasteiger partial charge in [-0.1, -0.05) is 329 Å². The summed E-state index contributed by atoms with van der Waals surface area (Å²) in [6.07, 6.45) is 96.9. The van der Waals surface area contributed by atoms with Crippen molar-refractivity contribution in [3.63, 3.8) is 0 Å². The van der Waals surface area contributed by atoms with Gasteiger partial charge in [0.25, 0.3) is 0 Å². The maximum Gasteiger partial charge on any atom is 0.306 e. The topological polar surface area (TPSA) is 78.9 Å². The van der Waals surface area contributed by atoms with Gasteiger partial charge in [0.1, 0.15) is 13.2 Å². The van der Waals surface area contributed by atoms with Crippen LogP contribution in [0.1, 0.15) is 342 Å². The van der Waals surface area contributed by atoms with E-state index in [1.807, 2.05) is 0 Å². The molecule has 1 unspecified atom stereocenters. The smallest absolute Gasteiger partial charge is 0.306 e. The van der Waals surface area contributed by atoms with Crippen molar-refractivity contribution in [3.05, 3.63) is 109 Å². The number of carbonyl (C=O) groups is 3. The fourth-order valence-corrected chi connectivity index (χ4v) is 10.1. The van der Waals surface area contributed by atoms with Crippen LogP contribution in [-0.2, 0) is 28.6 Å². The Morgan fingerprint density at radius 1 is 0.253 bits per heavy atom. The van der Waals surface area contributed by atoms with Crippen LogP contribution >= 0.6 is 0 Å². The van der Waals surface area contributed by atoms with Crippen molar-refractivity contribution >= 4 is 17.9 Å². The standard InChI is InChI=1S/C77H132O6/c1-4-7-10-13-16-19-22-24-26-28-30-32-34-35-36-37-38-39-40-41-43-44-46-48-50-52-55-58-61-64-67-70-76(79)82-73-74(72-81-75(78)69-66-63-60-57-54-21-18-15-12-9-6-3)83-77(80)71-68-65-62-59-56-53-51-49-47-45-42-33-31-29-27-25-23-20-17-14-11-8-5-2/h7-8,10-11,16-17,19-20,24-27,30-33,35-36,74H,4-6,9,12-15,18,21-23,28-29,34,37-73H2,1-3H3/b10-7-,11-8-,19-16-,20-17-,26-24-,27-25-,32-30-,33-31-,36-35-. The molecule has 83 heavy (non-hydrogen) atoms. The highest BCUT2D eigenvalue weighted by atomic mass is 16.6. The van der Waals surface area contributed by atoms with Crippen LogP contribution in [0.4, 0.5) is 0 Å². The average molecular weight is 1150 g/mol. The Hall–Kier alpha value is -3.93. The zero-order valence-electron chi connectivity index (χ0n) is 54.7. The van der Waals surface area contributed by atoms with E-state index in [4.69, 9.17) is 14.2 Å². The van der Waals surface area contributed by atoms with Crippen molar-refractivity contribution < 1.29 is 28.6 Å². The molecular formula is C77H132O6. The number of hydrogen-bond donors (Lipinski definition) is 0. The maximum atomic E-state index is 12.9. The molecular weight excluding hydrogens is 1020 g/mol. The summed E-state index contributed by atoms with van der Waals surface area (Å²) < 4.78 is 17.0. The fourth-order valence-electron chi connectivity index (χ4n) is 10.1. The monoisotopic (exact) mass is 1150 g/mol. The van der Waals surface area contributed by atoms with Gasteiger partial charge in [0, 0.05) is 19.3 Å². The summed E-state index contributed by atoms with van der Waals surface area (Å²) in [6, 6.07) is 0. The predicted octanol–water partition coefficient (Wildman–Crippen LogP) is 24.6. The molecule has 0 spiro atoms. The summed E-state index contributed by atoms with van der Waals surface area (Å²) in [4.78, 5) is 38.4. The van der Waals surface area contributed by atoms with Crippen molar-refractivity contribution in [2.24, 2.45) is 0 Å². The van der Waals surface area contributed by atoms with Gasteiger partial charge < -0.3 is 14.2 Å². The van der Waals surface area contributed by atoms with Gasteiger partial charge in [-0.15, -0.1) is 0 Å². The Morgan fingerprint density at radius 2 is 0.470 bits per heavy atom. The summed E-state index contributed by atoms with van der Waals surface area (Å²) in [5.74, 6) is -0.866. The number of rotatable bonds is 64. The van der Waals surface area contributed by atoms with E-state index in [0.717, 1.165) is 116 Å². The van der Waals surface area contributed by atoms with Crippen LogP contribution in [0.15, 0.2) is 109 Å². The molecule has 0 heterocycles. The lowest BCUT2D eigenvalue weighted by molar-refractivity contribution is -0.167. The van der Waals surface area contributed by atoms with Gasteiger partial charge in [-0.2, -0.15) is 0 Å². The number of esters is 3. The average Bonchev–Trinajstić information content (AvgIpc) is 3.48. The summed E-state index contributed by atoms with van der Waals surface area (Å²) in [5.41, 5.74) is 0. The molecule has 0 aliphatic heterocycles. The Bertz CT molecular complexity index is 1660. The normalized spacial score (nSPS) is 12.8. The minimum absolute atomic E-state index is 0.0756. The molecule has 6 nitrogen and oxygen atoms in total. The number of hydrogen-bond acceptors (Lipinski definition) is 6. The molecule has 0 bridgehead atoms. The highest BCUT2D eigenvalue weighted by Gasteiger charge is 2.19. The first-order chi connectivity index (χ1) is 41.0. The summed E-state index contributed by atoms with van der Waals surface area (Å²) in [6.45, 7) is 6.44. The van der Waals surface area contributed by atoms with Gasteiger partial charge in [-0.05, 0) is 103 Å². The fraction of sp³-hybridized carbons (Fsp3) is 0.727. The van der Waals surface area contributed by atoms with Crippen LogP contribution in [0, 0.1) is 0 Å². The first-order valence-electron chi connectivity index (χ1n) is 35.4. The Labute approximate surface area is 514 Å². The van der Waals surface area contributed by atoms with Crippen LogP contribution < -0.4 is 0 Å². The van der Waals surface area contributed by atoms with Gasteiger partial charge in [-0.3, -0.25) is 14.4 Å². The van der Waals surface area contributed by atoms with E-state index >= 15 is 0 Å². The van der Waals surface area contributed by atoms with E-state index in [0.29, 0.717) is 19.3 Å². The van der Waals surface area contributed by atoms with Crippen LogP contribution in [0.2, 0.25) is 0 Å². The van der Waals surface area contributed by atoms with E-state index in [1.165, 1.54) is 186 Å². The quantitative estimate of drug-likeness (QED) is 0.0261. The molecule has 0 amide bonds. The third-order valence-corrected chi connectivity index (χ3v) is 15.3. The molecule has 0 fully saturated rings. The molecule has 1 atom stereocenters. The van der Waals surface area contributed by atoms with E-state index in [-0.39, 0.29) is 31.1 Å². The SMILES string of the molecule is CC/C=C\C/C=C\C/C=C\C/C=C\C/C=C\CCCCCCCCCCCCCCCCCC(=O)OCC(COC(=O)CCCCCCCCCCCCC)OC(=O)CCCCCCCCCCCC/C=C\C/C=C\C/C=C\C/C=C\CC. The Kier molecular flexibility index (Phi) is 67.2. The second-order valence-corrected chi connectivity index (χ2v) is 23.4. The number of ether oxygens (including phenoxy) is 3. The van der Waals surface area contributed by atoms with Gasteiger partial charge in [-0.25, -0.2) is 0 Å². The van der Waals surface area contributed by atoms with Gasteiger partial charge in [0.2, 0.25) is 0 Å². The van der Waals surface area contributed by atoms with E-state index < -0.39 is 6.10 Å². The van der Waals surface area contributed by atoms with Crippen LogP contribution in [-0.4, -0.2) is 37.2 Å². The lowest BCUT2D eigenvalue weighted by atomic mass is 10.0. The van der Waals surface area contributed by atoms with Gasteiger partial charge >= 0.3 is 17.9 Å². The minimum atomic E-state index is -0.780. The van der Waals surface area contributed by atoms with Crippen molar-refractivity contribution in [1.29, 1.82) is 0 Å². The first-order valence-corrected chi connectivity index (χ1v) is 35.4. The van der Waals surface area contributed by atoms with Crippen molar-refractivity contribution in [2.75, 3.05) is 13.2 Å². The molecule has 0 rings (SSSR count). The van der Waals surface area contributed by atoms with Gasteiger partial charge in [0.05, 0.1) is 0 Å². The largest absolute Gasteiger partial charge is 0.462 e. The van der Waals surface area contributed by atoms with Crippen molar-refractivity contribution in [2.45, 2.75) is 348 Å². The molecule has 0 aliphatic carbocycles. The molecule has 0 radical (unpaired) electrons. The third-order valence-electron chi connectivity index (χ3n) is 15.3. The van der Waals surface area contributed by atoms with Crippen molar-refractivity contribution in [1.82, 2.24) is 0 Å². The highest BCUT2D eigenvalue weighted by Crippen LogP contribution is 2.17. The Balaban J connectivity index is 4.20. The number of allylic oxidation sites excluding steroid dienone is 18.